The molecule has 0 fully saturated rings. The number of allylic oxidation sites excluding steroid dienone is 1. The van der Waals surface area contributed by atoms with Crippen LogP contribution in [0.2, 0.25) is 0 Å². The van der Waals surface area contributed by atoms with Gasteiger partial charge in [0.1, 0.15) is 0 Å². The van der Waals surface area contributed by atoms with Crippen molar-refractivity contribution in [3.8, 4) is 0 Å². The fourth-order valence-electron chi connectivity index (χ4n) is 2.32. The van der Waals surface area contributed by atoms with E-state index in [1.54, 1.807) is 13.0 Å². The lowest BCUT2D eigenvalue weighted by Gasteiger charge is -2.30. The second kappa shape index (κ2) is 13.3. The summed E-state index contributed by atoms with van der Waals surface area (Å²) >= 11 is 0. The monoisotopic (exact) mass is 398 g/mol. The molecule has 0 saturated carbocycles. The molecule has 1 amide bonds. The van der Waals surface area contributed by atoms with Gasteiger partial charge in [0, 0.05) is 25.0 Å². The van der Waals surface area contributed by atoms with Gasteiger partial charge in [-0.1, -0.05) is 40.3 Å². The van der Waals surface area contributed by atoms with Gasteiger partial charge in [0.2, 0.25) is 5.91 Å². The van der Waals surface area contributed by atoms with Crippen LogP contribution >= 0.6 is 0 Å². The Morgan fingerprint density at radius 2 is 1.86 bits per heavy atom. The maximum absolute atomic E-state index is 11.7. The van der Waals surface area contributed by atoms with E-state index in [0.717, 1.165) is 0 Å². The van der Waals surface area contributed by atoms with Crippen molar-refractivity contribution in [3.63, 3.8) is 0 Å². The molecule has 2 unspecified atom stereocenters. The van der Waals surface area contributed by atoms with Gasteiger partial charge in [-0.3, -0.25) is 4.79 Å². The molecule has 28 heavy (non-hydrogen) atoms. The number of amides is 1. The molecule has 0 saturated heterocycles. The number of ether oxygens (including phenoxy) is 1. The second-order valence-corrected chi connectivity index (χ2v) is 8.18. The predicted octanol–water partition coefficient (Wildman–Crippen LogP) is 2.47. The molecule has 162 valence electrons. The number of carboxylic acid groups (broad SMARTS) is 1. The highest BCUT2D eigenvalue weighted by Crippen LogP contribution is 2.27. The number of nitrogens with one attached hydrogen (secondary N) is 2. The molecule has 0 heterocycles. The van der Waals surface area contributed by atoms with Crippen LogP contribution in [-0.2, 0) is 14.3 Å². The molecular weight excluding hydrogens is 360 g/mol. The lowest BCUT2D eigenvalue weighted by Crippen LogP contribution is -2.38. The standard InChI is InChI=1S/C21H38N2O5/c1-15(2)13-18(20(26)27)28-17(4)21(5,6)14-22-11-12-23-19(25)10-8-7-9-16(3)24/h8,10,15-16,18,22,24H,4,7,9,11-14H2,1-3,5-6H3,(H,23,25)(H,26,27)/b10-8+. The molecule has 0 aromatic rings. The van der Waals surface area contributed by atoms with Gasteiger partial charge in [0.15, 0.2) is 6.10 Å². The molecule has 0 aliphatic heterocycles. The van der Waals surface area contributed by atoms with Gasteiger partial charge in [-0.15, -0.1) is 0 Å². The van der Waals surface area contributed by atoms with Gasteiger partial charge in [0.05, 0.1) is 11.9 Å². The topological polar surface area (TPSA) is 108 Å². The number of hydrogen-bond donors (Lipinski definition) is 4. The van der Waals surface area contributed by atoms with Gasteiger partial charge in [0.25, 0.3) is 0 Å². The first-order valence-corrected chi connectivity index (χ1v) is 9.87. The van der Waals surface area contributed by atoms with Crippen molar-refractivity contribution in [2.45, 2.75) is 66.1 Å². The molecule has 4 N–H and O–H groups in total. The number of rotatable bonds is 15. The first kappa shape index (κ1) is 26.1. The van der Waals surface area contributed by atoms with Crippen LogP contribution in [-0.4, -0.2) is 53.9 Å². The number of carbonyl (C=O) groups excluding carboxylic acids is 1. The first-order valence-electron chi connectivity index (χ1n) is 9.87. The summed E-state index contributed by atoms with van der Waals surface area (Å²) in [7, 11) is 0. The molecule has 7 nitrogen and oxygen atoms in total. The fraction of sp³-hybridized carbons (Fsp3) is 0.714. The van der Waals surface area contributed by atoms with Crippen LogP contribution in [0.4, 0.5) is 0 Å². The van der Waals surface area contributed by atoms with E-state index in [-0.39, 0.29) is 17.9 Å². The van der Waals surface area contributed by atoms with E-state index in [2.05, 4.69) is 17.2 Å². The van der Waals surface area contributed by atoms with Crippen molar-refractivity contribution in [2.24, 2.45) is 11.3 Å². The average molecular weight is 399 g/mol. The zero-order valence-electron chi connectivity index (χ0n) is 18.0. The molecule has 0 aliphatic carbocycles. The summed E-state index contributed by atoms with van der Waals surface area (Å²) in [4.78, 5) is 23.0. The van der Waals surface area contributed by atoms with Gasteiger partial charge >= 0.3 is 5.97 Å². The molecule has 0 bridgehead atoms. The van der Waals surface area contributed by atoms with Crippen molar-refractivity contribution in [1.82, 2.24) is 10.6 Å². The zero-order chi connectivity index (χ0) is 21.7. The van der Waals surface area contributed by atoms with Crippen LogP contribution in [0.1, 0.15) is 53.9 Å². The van der Waals surface area contributed by atoms with E-state index >= 15 is 0 Å². The van der Waals surface area contributed by atoms with E-state index in [1.807, 2.05) is 27.7 Å². The third kappa shape index (κ3) is 12.5. The van der Waals surface area contributed by atoms with Crippen LogP contribution in [0, 0.1) is 11.3 Å². The summed E-state index contributed by atoms with van der Waals surface area (Å²) in [6, 6.07) is 0. The number of aliphatic carboxylic acids is 1. The minimum atomic E-state index is -0.983. The van der Waals surface area contributed by atoms with Gasteiger partial charge in [-0.2, -0.15) is 0 Å². The molecular formula is C21H38N2O5. The van der Waals surface area contributed by atoms with E-state index in [1.165, 1.54) is 6.08 Å². The molecule has 0 radical (unpaired) electrons. The quantitative estimate of drug-likeness (QED) is 0.192. The van der Waals surface area contributed by atoms with Crippen molar-refractivity contribution >= 4 is 11.9 Å². The van der Waals surface area contributed by atoms with Crippen LogP contribution in [0.5, 0.6) is 0 Å². The summed E-state index contributed by atoms with van der Waals surface area (Å²) in [5.41, 5.74) is -0.449. The van der Waals surface area contributed by atoms with Crippen LogP contribution in [0.15, 0.2) is 24.5 Å². The summed E-state index contributed by atoms with van der Waals surface area (Å²) in [6.45, 7) is 15.0. The summed E-state index contributed by atoms with van der Waals surface area (Å²) in [5.74, 6) is -0.516. The molecule has 0 aliphatic rings. The average Bonchev–Trinajstić information content (AvgIpc) is 2.56. The van der Waals surface area contributed by atoms with Crippen LogP contribution < -0.4 is 10.6 Å². The van der Waals surface area contributed by atoms with E-state index in [9.17, 15) is 14.7 Å². The Hall–Kier alpha value is -1.86. The van der Waals surface area contributed by atoms with Gasteiger partial charge < -0.3 is 25.6 Å². The number of aliphatic hydroxyl groups excluding tert-OH is 1. The Kier molecular flexibility index (Phi) is 12.5. The van der Waals surface area contributed by atoms with Crippen LogP contribution in [0.3, 0.4) is 0 Å². The van der Waals surface area contributed by atoms with Crippen molar-refractivity contribution in [1.29, 1.82) is 0 Å². The molecule has 0 aromatic carbocycles. The van der Waals surface area contributed by atoms with Gasteiger partial charge in [-0.25, -0.2) is 4.79 Å². The van der Waals surface area contributed by atoms with Gasteiger partial charge in [-0.05, 0) is 38.2 Å². The zero-order valence-corrected chi connectivity index (χ0v) is 18.0. The molecule has 2 atom stereocenters. The van der Waals surface area contributed by atoms with E-state index in [4.69, 9.17) is 9.84 Å². The third-order valence-corrected chi connectivity index (χ3v) is 4.19. The molecule has 0 aromatic heterocycles. The number of hydrogen-bond acceptors (Lipinski definition) is 5. The highest BCUT2D eigenvalue weighted by Gasteiger charge is 2.28. The summed E-state index contributed by atoms with van der Waals surface area (Å²) < 4.78 is 5.62. The van der Waals surface area contributed by atoms with Crippen molar-refractivity contribution in [2.75, 3.05) is 19.6 Å². The lowest BCUT2D eigenvalue weighted by molar-refractivity contribution is -0.149. The summed E-state index contributed by atoms with van der Waals surface area (Å²) in [5, 5.41) is 24.4. The first-order chi connectivity index (χ1) is 13.0. The minimum absolute atomic E-state index is 0.169. The smallest absolute Gasteiger partial charge is 0.344 e. The number of carboxylic acids is 1. The maximum atomic E-state index is 11.7. The van der Waals surface area contributed by atoms with Crippen molar-refractivity contribution < 1.29 is 24.5 Å². The molecule has 0 spiro atoms. The second-order valence-electron chi connectivity index (χ2n) is 8.18. The Morgan fingerprint density at radius 3 is 2.39 bits per heavy atom. The highest BCUT2D eigenvalue weighted by molar-refractivity contribution is 5.87. The van der Waals surface area contributed by atoms with E-state index in [0.29, 0.717) is 44.7 Å². The van der Waals surface area contributed by atoms with Crippen LogP contribution in [0.25, 0.3) is 0 Å². The highest BCUT2D eigenvalue weighted by atomic mass is 16.5. The van der Waals surface area contributed by atoms with E-state index < -0.39 is 17.5 Å². The maximum Gasteiger partial charge on any atom is 0.344 e. The number of carbonyl (C=O) groups is 2. The largest absolute Gasteiger partial charge is 0.483 e. The molecule has 0 rings (SSSR count). The Morgan fingerprint density at radius 1 is 1.21 bits per heavy atom. The molecule has 7 heteroatoms. The summed E-state index contributed by atoms with van der Waals surface area (Å²) in [6.07, 6.45) is 3.68. The Balaban J connectivity index is 4.19. The number of aliphatic hydroxyl groups is 1. The van der Waals surface area contributed by atoms with Crippen molar-refractivity contribution in [3.05, 3.63) is 24.5 Å². The third-order valence-electron chi connectivity index (χ3n) is 4.19. The Labute approximate surface area is 169 Å². The predicted molar refractivity (Wildman–Crippen MR) is 111 cm³/mol. The minimum Gasteiger partial charge on any atom is -0.483 e. The SMILES string of the molecule is C=C(OC(CC(C)C)C(=O)O)C(C)(C)CNCCNC(=O)/C=C/CCC(C)O. The Bertz CT molecular complexity index is 527. The normalized spacial score (nSPS) is 14.1. The lowest BCUT2D eigenvalue weighted by atomic mass is 9.91. The fourth-order valence-corrected chi connectivity index (χ4v) is 2.32.